The number of fused-ring (bicyclic) bond motifs is 3. The van der Waals surface area contributed by atoms with E-state index in [1.165, 1.54) is 12.4 Å². The van der Waals surface area contributed by atoms with Gasteiger partial charge in [0.1, 0.15) is 5.58 Å². The van der Waals surface area contributed by atoms with Crippen LogP contribution in [0.1, 0.15) is 95.3 Å². The summed E-state index contributed by atoms with van der Waals surface area (Å²) >= 11 is 0. The molecule has 3 heterocycles. The standard InChI is InChI=1S/C46H41N2O.C10H9N2.Ir/c1-27(2)35-14-11-15-36(28(3)4)43(35)40-24-41(48-26-30(40)7)38-23-22-37(29(5)6)44-39-21-20-34(25-47)42(46(39)49-45(38)44)33-18-16-32(17-19-33)31-12-9-8-10-13-31;1-11-7-8-12(9-11)10-5-3-2-4-6-10;/h8-22,24,26-29H,1-7H3;2-5,7-8H,1H3;/q2*-1;+3/i7D3;1D3;. The Hall–Kier alpha value is -6.38. The topological polar surface area (TPSA) is 58.6 Å². The average Bonchev–Trinajstić information content (AvgIpc) is 3.98. The molecule has 62 heavy (non-hydrogen) atoms. The zero-order valence-corrected chi connectivity index (χ0v) is 37.9. The fourth-order valence-corrected chi connectivity index (χ4v) is 8.04. The molecule has 9 aromatic rings. The molecule has 0 N–H and O–H groups in total. The minimum atomic E-state index is -2.38. The normalized spacial score (nSPS) is 13.0. The first-order valence-electron chi connectivity index (χ1n) is 23.6. The quantitative estimate of drug-likeness (QED) is 0.113. The Morgan fingerprint density at radius 2 is 1.44 bits per heavy atom. The molecule has 308 valence electrons. The summed E-state index contributed by atoms with van der Waals surface area (Å²) in [7, 11) is 0. The van der Waals surface area contributed by atoms with Crippen molar-refractivity contribution in [2.45, 2.75) is 66.1 Å². The fourth-order valence-electron chi connectivity index (χ4n) is 8.04. The van der Waals surface area contributed by atoms with Gasteiger partial charge in [0.25, 0.3) is 0 Å². The maximum atomic E-state index is 10.3. The number of rotatable bonds is 8. The second kappa shape index (κ2) is 18.7. The number of hydrogen-bond donors (Lipinski definition) is 0. The van der Waals surface area contributed by atoms with E-state index in [1.807, 2.05) is 72.8 Å². The minimum Gasteiger partial charge on any atom is -0.500 e. The second-order valence-corrected chi connectivity index (χ2v) is 16.1. The molecule has 0 radical (unpaired) electrons. The molecule has 6 heteroatoms. The van der Waals surface area contributed by atoms with Gasteiger partial charge in [-0.05, 0) is 75.0 Å². The van der Waals surface area contributed by atoms with Gasteiger partial charge in [-0.1, -0.05) is 149 Å². The van der Waals surface area contributed by atoms with E-state index in [1.54, 1.807) is 16.8 Å². The van der Waals surface area contributed by atoms with E-state index < -0.39 is 13.8 Å². The summed E-state index contributed by atoms with van der Waals surface area (Å²) in [6.07, 6.45) is 7.32. The smallest absolute Gasteiger partial charge is 0.500 e. The predicted octanol–water partition coefficient (Wildman–Crippen LogP) is 13.9. The summed E-state index contributed by atoms with van der Waals surface area (Å²) in [6.45, 7) is 8.28. The van der Waals surface area contributed by atoms with Crippen LogP contribution in [0.3, 0.4) is 0 Å². The van der Waals surface area contributed by atoms with E-state index in [0.717, 1.165) is 65.5 Å². The van der Waals surface area contributed by atoms with Gasteiger partial charge >= 0.3 is 20.1 Å². The third-order valence-corrected chi connectivity index (χ3v) is 11.1. The molecule has 0 saturated heterocycles. The van der Waals surface area contributed by atoms with Crippen molar-refractivity contribution in [3.63, 3.8) is 0 Å². The van der Waals surface area contributed by atoms with Crippen LogP contribution in [-0.2, 0) is 27.1 Å². The van der Waals surface area contributed by atoms with Gasteiger partial charge in [-0.2, -0.15) is 35.6 Å². The Morgan fingerprint density at radius 1 is 0.742 bits per heavy atom. The summed E-state index contributed by atoms with van der Waals surface area (Å²) in [4.78, 5) is 4.79. The molecule has 0 fully saturated rings. The van der Waals surface area contributed by atoms with Crippen molar-refractivity contribution in [3.8, 4) is 56.4 Å². The monoisotopic (exact) mass is 993 g/mol. The molecule has 0 unspecified atom stereocenters. The van der Waals surface area contributed by atoms with E-state index in [2.05, 4.69) is 109 Å². The molecule has 0 aliphatic heterocycles. The molecule has 0 spiro atoms. The largest absolute Gasteiger partial charge is 3.00 e. The van der Waals surface area contributed by atoms with Crippen LogP contribution in [0.5, 0.6) is 0 Å². The fraction of sp³-hybridized carbons (Fsp3) is 0.196. The summed E-state index contributed by atoms with van der Waals surface area (Å²) in [5.41, 5.74) is 12.6. The van der Waals surface area contributed by atoms with Gasteiger partial charge in [0.15, 0.2) is 0 Å². The summed E-state index contributed by atoms with van der Waals surface area (Å²) in [6, 6.07) is 48.6. The van der Waals surface area contributed by atoms with Crippen molar-refractivity contribution >= 4 is 21.9 Å². The van der Waals surface area contributed by atoms with E-state index in [4.69, 9.17) is 17.6 Å². The molecule has 5 nitrogen and oxygen atoms in total. The van der Waals surface area contributed by atoms with Crippen LogP contribution in [0, 0.1) is 36.6 Å². The summed E-state index contributed by atoms with van der Waals surface area (Å²) in [5, 5.41) is 12.2. The van der Waals surface area contributed by atoms with Gasteiger partial charge in [-0.15, -0.1) is 17.7 Å². The molecule has 9 rings (SSSR count). The first-order chi connectivity index (χ1) is 32.0. The number of aromatic nitrogens is 3. The Kier molecular flexibility index (Phi) is 10.9. The number of furan rings is 1. The Bertz CT molecular complexity index is 3230. The third-order valence-electron chi connectivity index (χ3n) is 11.1. The van der Waals surface area contributed by atoms with Crippen LogP contribution >= 0.6 is 0 Å². The molecule has 0 amide bonds. The van der Waals surface area contributed by atoms with Gasteiger partial charge in [0, 0.05) is 33.7 Å². The van der Waals surface area contributed by atoms with Crippen LogP contribution < -0.4 is 4.57 Å². The first kappa shape index (κ1) is 36.3. The molecule has 6 aromatic carbocycles. The molecule has 0 aliphatic rings. The van der Waals surface area contributed by atoms with Crippen LogP contribution in [-0.4, -0.2) is 9.55 Å². The van der Waals surface area contributed by atoms with Crippen molar-refractivity contribution in [1.82, 2.24) is 9.55 Å². The zero-order valence-electron chi connectivity index (χ0n) is 41.5. The minimum absolute atomic E-state index is 0. The SMILES string of the molecule is [2H]C([2H])([2H])[n+]1[c-]n(-c2[c-]cccc2)cc1.[2H]C([2H])([2H])c1cnc(-c2[c-]cc(C(C)C)c3c2oc2c(-c4ccc(-c5ccccc5)cc4)c(C#N)ccc23)cc1-c1c(C(C)C)cccc1C(C)C.[Ir+3]. The van der Waals surface area contributed by atoms with Crippen molar-refractivity contribution < 1.29 is 37.3 Å². The maximum Gasteiger partial charge on any atom is 3.00 e. The zero-order chi connectivity index (χ0) is 47.8. The first-order valence-corrected chi connectivity index (χ1v) is 20.6. The number of pyridine rings is 1. The number of benzene rings is 6. The molecule has 0 bridgehead atoms. The van der Waals surface area contributed by atoms with Gasteiger partial charge in [0.05, 0.1) is 28.3 Å². The number of aryl methyl sites for hydroxylation is 2. The number of nitriles is 1. The van der Waals surface area contributed by atoms with Crippen LogP contribution in [0.4, 0.5) is 0 Å². The third kappa shape index (κ3) is 8.57. The molecule has 3 aromatic heterocycles. The van der Waals surface area contributed by atoms with Crippen molar-refractivity contribution in [1.29, 1.82) is 5.26 Å². The Labute approximate surface area is 388 Å². The van der Waals surface area contributed by atoms with Crippen molar-refractivity contribution in [3.05, 3.63) is 186 Å². The van der Waals surface area contributed by atoms with E-state index in [9.17, 15) is 5.26 Å². The number of nitrogens with zero attached hydrogens (tertiary/aromatic N) is 4. The molecular weight excluding hydrogens is 937 g/mol. The van der Waals surface area contributed by atoms with Crippen LogP contribution in [0.15, 0.2) is 144 Å². The molecule has 0 atom stereocenters. The van der Waals surface area contributed by atoms with Crippen molar-refractivity contribution in [2.75, 3.05) is 0 Å². The van der Waals surface area contributed by atoms with Gasteiger partial charge in [0.2, 0.25) is 6.33 Å². The number of hydrogen-bond acceptors (Lipinski definition) is 3. The van der Waals surface area contributed by atoms with E-state index in [-0.39, 0.29) is 43.4 Å². The average molecular weight is 993 g/mol. The molecule has 0 aliphatic carbocycles. The summed E-state index contributed by atoms with van der Waals surface area (Å²) < 4.78 is 56.7. The number of para-hydroxylation sites is 1. The van der Waals surface area contributed by atoms with Crippen molar-refractivity contribution in [2.24, 2.45) is 6.98 Å². The predicted molar refractivity (Wildman–Crippen MR) is 248 cm³/mol. The second-order valence-electron chi connectivity index (χ2n) is 16.1. The van der Waals surface area contributed by atoms with Crippen LogP contribution in [0.2, 0.25) is 0 Å². The molecular formula is C56H50IrN4O+. The van der Waals surface area contributed by atoms with Gasteiger partial charge < -0.3 is 18.5 Å². The summed E-state index contributed by atoms with van der Waals surface area (Å²) in [5.74, 6) is 0.498. The Balaban J connectivity index is 0.000000363. The van der Waals surface area contributed by atoms with E-state index >= 15 is 0 Å². The van der Waals surface area contributed by atoms with E-state index in [0.29, 0.717) is 33.6 Å². The maximum absolute atomic E-state index is 10.3. The molecule has 0 saturated carbocycles. The van der Waals surface area contributed by atoms with Gasteiger partial charge in [-0.25, -0.2) is 0 Å². The van der Waals surface area contributed by atoms with Gasteiger partial charge in [-0.3, -0.25) is 0 Å². The number of imidazole rings is 1. The Morgan fingerprint density at radius 3 is 2.06 bits per heavy atom. The van der Waals surface area contributed by atoms with Crippen LogP contribution in [0.25, 0.3) is 72.3 Å².